The van der Waals surface area contributed by atoms with Crippen molar-refractivity contribution in [3.8, 4) is 0 Å². The van der Waals surface area contributed by atoms with Crippen LogP contribution >= 0.6 is 0 Å². The molecule has 0 aromatic carbocycles. The molecule has 1 aromatic heterocycles. The number of halogens is 1. The fourth-order valence-corrected chi connectivity index (χ4v) is 2.56. The molecule has 0 amide bonds. The van der Waals surface area contributed by atoms with Crippen LogP contribution in [0.2, 0.25) is 0 Å². The van der Waals surface area contributed by atoms with Gasteiger partial charge in [0.2, 0.25) is 5.82 Å². The van der Waals surface area contributed by atoms with Crippen molar-refractivity contribution >= 4 is 0 Å². The molecular weight excluding hydrogens is 327 g/mol. The first-order valence-corrected chi connectivity index (χ1v) is 7.26. The first-order chi connectivity index (χ1) is 11.2. The lowest BCUT2D eigenvalue weighted by Gasteiger charge is -2.28. The molecular formula is C14H21FN2O7. The molecule has 2 heterocycles. The molecule has 9 nitrogen and oxygen atoms in total. The van der Waals surface area contributed by atoms with Gasteiger partial charge in [-0.3, -0.25) is 14.3 Å². The number of aliphatic hydroxyl groups excluding tert-OH is 1. The zero-order valence-corrected chi connectivity index (χ0v) is 13.8. The molecule has 2 N–H and O–H groups in total. The second-order valence-corrected chi connectivity index (χ2v) is 5.85. The van der Waals surface area contributed by atoms with E-state index in [-0.39, 0.29) is 6.61 Å². The van der Waals surface area contributed by atoms with Crippen LogP contribution < -0.4 is 11.2 Å². The zero-order chi connectivity index (χ0) is 18.1. The molecule has 1 saturated heterocycles. The van der Waals surface area contributed by atoms with Gasteiger partial charge < -0.3 is 24.1 Å². The minimum Gasteiger partial charge on any atom is -0.387 e. The van der Waals surface area contributed by atoms with E-state index in [4.69, 9.17) is 18.9 Å². The number of hydrogen-bond acceptors (Lipinski definition) is 7. The molecule has 0 radical (unpaired) electrons. The summed E-state index contributed by atoms with van der Waals surface area (Å²) in [6, 6.07) is 0. The van der Waals surface area contributed by atoms with Crippen LogP contribution in [0.4, 0.5) is 4.39 Å². The number of H-pyrrole nitrogens is 1. The molecule has 4 atom stereocenters. The van der Waals surface area contributed by atoms with E-state index in [0.717, 1.165) is 4.57 Å². The third kappa shape index (κ3) is 3.73. The van der Waals surface area contributed by atoms with Gasteiger partial charge in [-0.1, -0.05) is 0 Å². The van der Waals surface area contributed by atoms with E-state index in [1.807, 2.05) is 4.98 Å². The van der Waals surface area contributed by atoms with E-state index in [0.29, 0.717) is 6.20 Å². The molecule has 136 valence electrons. The van der Waals surface area contributed by atoms with Crippen molar-refractivity contribution in [2.24, 2.45) is 0 Å². The van der Waals surface area contributed by atoms with Crippen LogP contribution in [0.3, 0.4) is 0 Å². The number of aromatic amines is 1. The molecule has 0 spiro atoms. The normalized spacial score (nSPS) is 25.6. The van der Waals surface area contributed by atoms with Crippen molar-refractivity contribution < 1.29 is 28.4 Å². The topological polar surface area (TPSA) is 112 Å². The second kappa shape index (κ2) is 7.11. The Labute approximate surface area is 136 Å². The summed E-state index contributed by atoms with van der Waals surface area (Å²) in [5.41, 5.74) is -2.02. The van der Waals surface area contributed by atoms with Crippen molar-refractivity contribution in [3.05, 3.63) is 32.9 Å². The molecule has 1 fully saturated rings. The maximum atomic E-state index is 13.6. The smallest absolute Gasteiger partial charge is 0.330 e. The van der Waals surface area contributed by atoms with Gasteiger partial charge in [-0.15, -0.1) is 0 Å². The van der Waals surface area contributed by atoms with E-state index < -0.39 is 47.4 Å². The minimum atomic E-state index is -1.23. The van der Waals surface area contributed by atoms with Gasteiger partial charge in [0.25, 0.3) is 5.56 Å². The molecule has 1 aliphatic rings. The highest BCUT2D eigenvalue weighted by Gasteiger charge is 2.48. The lowest BCUT2D eigenvalue weighted by molar-refractivity contribution is -0.169. The highest BCUT2D eigenvalue weighted by molar-refractivity contribution is 4.94. The number of hydrogen-bond donors (Lipinski definition) is 2. The van der Waals surface area contributed by atoms with Crippen molar-refractivity contribution in [1.29, 1.82) is 0 Å². The first-order valence-electron chi connectivity index (χ1n) is 7.26. The van der Waals surface area contributed by atoms with E-state index in [2.05, 4.69) is 0 Å². The van der Waals surface area contributed by atoms with Gasteiger partial charge in [0.1, 0.15) is 18.3 Å². The molecule has 1 aliphatic heterocycles. The summed E-state index contributed by atoms with van der Waals surface area (Å²) in [7, 11) is 2.82. The van der Waals surface area contributed by atoms with Crippen LogP contribution in [-0.2, 0) is 18.9 Å². The Morgan fingerprint density at radius 2 is 2.08 bits per heavy atom. The number of nitrogens with one attached hydrogen (secondary N) is 1. The maximum absolute atomic E-state index is 13.6. The van der Waals surface area contributed by atoms with Crippen LogP contribution in [-0.4, -0.2) is 59.6 Å². The molecule has 0 aliphatic carbocycles. The third-order valence-corrected chi connectivity index (χ3v) is 3.66. The number of aliphatic hydroxyl groups is 1. The molecule has 10 heteroatoms. The molecule has 0 unspecified atom stereocenters. The highest BCUT2D eigenvalue weighted by Crippen LogP contribution is 2.36. The Kier molecular flexibility index (Phi) is 5.56. The Balaban J connectivity index is 2.41. The SMILES string of the molecule is COC[C@@H](OC)[C@@H](O)[C@@H]1OC(C)(C)O[C@H]1n1cc(F)c(=O)[nH]c1=O. The summed E-state index contributed by atoms with van der Waals surface area (Å²) in [6.07, 6.45) is -3.49. The number of ether oxygens (including phenoxy) is 4. The van der Waals surface area contributed by atoms with Crippen molar-refractivity contribution in [2.75, 3.05) is 20.8 Å². The largest absolute Gasteiger partial charge is 0.387 e. The lowest BCUT2D eigenvalue weighted by atomic mass is 10.1. The fourth-order valence-electron chi connectivity index (χ4n) is 2.56. The predicted molar refractivity (Wildman–Crippen MR) is 79.0 cm³/mol. The van der Waals surface area contributed by atoms with Gasteiger partial charge in [-0.25, -0.2) is 4.79 Å². The highest BCUT2D eigenvalue weighted by atomic mass is 19.1. The van der Waals surface area contributed by atoms with Gasteiger partial charge in [0.15, 0.2) is 12.0 Å². The summed E-state index contributed by atoms with van der Waals surface area (Å²) in [5.74, 6) is -2.30. The number of methoxy groups -OCH3 is 2. The van der Waals surface area contributed by atoms with Gasteiger partial charge in [-0.2, -0.15) is 4.39 Å². The number of nitrogens with zero attached hydrogens (tertiary/aromatic N) is 1. The van der Waals surface area contributed by atoms with E-state index in [1.165, 1.54) is 14.2 Å². The Bertz CT molecular complexity index is 686. The number of aromatic nitrogens is 2. The van der Waals surface area contributed by atoms with Crippen molar-refractivity contribution in [2.45, 2.75) is 44.2 Å². The summed E-state index contributed by atoms with van der Waals surface area (Å²) in [6.45, 7) is 3.23. The van der Waals surface area contributed by atoms with Crippen LogP contribution in [0.1, 0.15) is 20.1 Å². The Morgan fingerprint density at radius 1 is 1.42 bits per heavy atom. The zero-order valence-electron chi connectivity index (χ0n) is 13.8. The van der Waals surface area contributed by atoms with Crippen LogP contribution in [0.15, 0.2) is 15.8 Å². The Morgan fingerprint density at radius 3 is 2.67 bits per heavy atom. The van der Waals surface area contributed by atoms with Crippen LogP contribution in [0, 0.1) is 5.82 Å². The lowest BCUT2D eigenvalue weighted by Crippen LogP contribution is -2.47. The summed E-state index contributed by atoms with van der Waals surface area (Å²) in [5, 5.41) is 10.5. The quantitative estimate of drug-likeness (QED) is 0.702. The second-order valence-electron chi connectivity index (χ2n) is 5.85. The molecule has 24 heavy (non-hydrogen) atoms. The molecule has 0 saturated carbocycles. The summed E-state index contributed by atoms with van der Waals surface area (Å²) >= 11 is 0. The van der Waals surface area contributed by atoms with Crippen molar-refractivity contribution in [3.63, 3.8) is 0 Å². The maximum Gasteiger partial charge on any atom is 0.330 e. The standard InChI is InChI=1S/C14H21FN2O7/c1-14(2)23-10(9(18)8(22-4)6-21-3)12(24-14)17-5-7(15)11(19)16-13(17)20/h5,8-10,12,18H,6H2,1-4H3,(H,16,19,20)/t8-,9-,10+,12-/m1/s1. The van der Waals surface area contributed by atoms with Gasteiger partial charge >= 0.3 is 5.69 Å². The Hall–Kier alpha value is -1.59. The molecule has 0 bridgehead atoms. The average molecular weight is 348 g/mol. The van der Waals surface area contributed by atoms with Gasteiger partial charge in [-0.05, 0) is 13.8 Å². The van der Waals surface area contributed by atoms with E-state index >= 15 is 0 Å². The van der Waals surface area contributed by atoms with Crippen molar-refractivity contribution in [1.82, 2.24) is 9.55 Å². The van der Waals surface area contributed by atoms with Gasteiger partial charge in [0.05, 0.1) is 12.8 Å². The van der Waals surface area contributed by atoms with E-state index in [9.17, 15) is 19.1 Å². The summed E-state index contributed by atoms with van der Waals surface area (Å²) in [4.78, 5) is 25.0. The third-order valence-electron chi connectivity index (χ3n) is 3.66. The minimum absolute atomic E-state index is 0.0690. The van der Waals surface area contributed by atoms with Crippen LogP contribution in [0.25, 0.3) is 0 Å². The molecule has 2 rings (SSSR count). The van der Waals surface area contributed by atoms with Gasteiger partial charge in [0, 0.05) is 14.2 Å². The fraction of sp³-hybridized carbons (Fsp3) is 0.714. The first kappa shape index (κ1) is 18.7. The molecule has 1 aromatic rings. The van der Waals surface area contributed by atoms with E-state index in [1.54, 1.807) is 13.8 Å². The summed E-state index contributed by atoms with van der Waals surface area (Å²) < 4.78 is 35.8. The predicted octanol–water partition coefficient (Wildman–Crippen LogP) is -0.652. The average Bonchev–Trinajstić information content (AvgIpc) is 2.83. The van der Waals surface area contributed by atoms with Crippen LogP contribution in [0.5, 0.6) is 0 Å². The monoisotopic (exact) mass is 348 g/mol. The number of rotatable bonds is 6.